The highest BCUT2D eigenvalue weighted by Crippen LogP contribution is 2.39. The minimum absolute atomic E-state index is 0.101. The molecular weight excluding hydrogens is 488 g/mol. The second-order valence-corrected chi connectivity index (χ2v) is 9.67. The van der Waals surface area contributed by atoms with E-state index in [0.29, 0.717) is 25.0 Å². The maximum atomic E-state index is 12.6. The van der Waals surface area contributed by atoms with Crippen molar-refractivity contribution >= 4 is 66.9 Å². The topological polar surface area (TPSA) is 54.6 Å². The smallest absolute Gasteiger partial charge is 0.279 e. The molecule has 1 aromatic carbocycles. The van der Waals surface area contributed by atoms with Gasteiger partial charge in [-0.3, -0.25) is 9.36 Å². The van der Waals surface area contributed by atoms with Crippen LogP contribution in [-0.4, -0.2) is 15.6 Å². The molecule has 2 aromatic rings. The number of carbonyl (C=O) groups excluding carboxylic acids is 1. The summed E-state index contributed by atoms with van der Waals surface area (Å²) in [7, 11) is 0. The number of nitrogens with zero attached hydrogens (tertiary/aromatic N) is 2. The van der Waals surface area contributed by atoms with Crippen LogP contribution < -0.4 is 10.6 Å². The van der Waals surface area contributed by atoms with Crippen molar-refractivity contribution in [2.75, 3.05) is 0 Å². The lowest BCUT2D eigenvalue weighted by molar-refractivity contribution is -0.112. The number of fused-ring (bicyclic) bond motifs is 1. The van der Waals surface area contributed by atoms with Crippen molar-refractivity contribution < 1.29 is 9.90 Å². The maximum Gasteiger partial charge on any atom is 0.279 e. The van der Waals surface area contributed by atoms with Gasteiger partial charge in [0.05, 0.1) is 10.9 Å². The highest BCUT2D eigenvalue weighted by Gasteiger charge is 2.28. The van der Waals surface area contributed by atoms with Crippen LogP contribution in [0.2, 0.25) is 0 Å². The zero-order valence-electron chi connectivity index (χ0n) is 13.1. The van der Waals surface area contributed by atoms with Gasteiger partial charge in [-0.1, -0.05) is 35.2 Å². The molecule has 1 aliphatic carbocycles. The number of carbonyl (C=O) groups is 1. The highest BCUT2D eigenvalue weighted by molar-refractivity contribution is 9.11. The van der Waals surface area contributed by atoms with E-state index >= 15 is 0 Å². The summed E-state index contributed by atoms with van der Waals surface area (Å²) < 4.78 is 4.03. The second-order valence-electron chi connectivity index (χ2n) is 6.26. The third-order valence-corrected chi connectivity index (χ3v) is 7.18. The van der Waals surface area contributed by atoms with Crippen LogP contribution in [0.3, 0.4) is 0 Å². The third kappa shape index (κ3) is 2.97. The summed E-state index contributed by atoms with van der Waals surface area (Å²) in [6, 6.07) is 3.93. The van der Waals surface area contributed by atoms with Crippen LogP contribution in [-0.2, 0) is 4.79 Å². The summed E-state index contributed by atoms with van der Waals surface area (Å²) in [5.74, 6) is -0.236. The fourth-order valence-corrected chi connectivity index (χ4v) is 6.36. The molecule has 25 heavy (non-hydrogen) atoms. The van der Waals surface area contributed by atoms with Gasteiger partial charge in [0.15, 0.2) is 3.95 Å². The summed E-state index contributed by atoms with van der Waals surface area (Å²) >= 11 is 13.7. The van der Waals surface area contributed by atoms with Gasteiger partial charge in [0.1, 0.15) is 4.88 Å². The van der Waals surface area contributed by atoms with E-state index in [1.807, 2.05) is 16.7 Å². The molecule has 0 saturated heterocycles. The van der Waals surface area contributed by atoms with Gasteiger partial charge in [-0.15, -0.1) is 11.3 Å². The first-order valence-corrected chi connectivity index (χ1v) is 10.9. The lowest BCUT2D eigenvalue weighted by atomic mass is 9.95. The van der Waals surface area contributed by atoms with Gasteiger partial charge in [0.2, 0.25) is 5.88 Å². The van der Waals surface area contributed by atoms with E-state index in [1.54, 1.807) is 0 Å². The van der Waals surface area contributed by atoms with Crippen LogP contribution in [0.15, 0.2) is 26.1 Å². The largest absolute Gasteiger partial charge is 0.493 e. The minimum atomic E-state index is -0.337. The van der Waals surface area contributed by atoms with Gasteiger partial charge < -0.3 is 5.11 Å². The van der Waals surface area contributed by atoms with Gasteiger partial charge in [-0.2, -0.15) is 0 Å². The number of hydrogen-bond donors (Lipinski definition) is 1. The number of amides is 1. The van der Waals surface area contributed by atoms with Crippen molar-refractivity contribution in [2.24, 2.45) is 4.99 Å². The molecule has 4 rings (SSSR count). The first kappa shape index (κ1) is 17.6. The molecule has 0 radical (unpaired) electrons. The standard InChI is InChI=1S/C17H14Br2N2O2S2/c18-8-6-10-12(15(22)20-13(10)11(19)7-8)14-16(23)21(17(24)25-14)9-4-2-1-3-5-9/h6-7,9,23H,1-5H2. The molecule has 1 aromatic heterocycles. The summed E-state index contributed by atoms with van der Waals surface area (Å²) in [5.41, 5.74) is 0.431. The Hall–Kier alpha value is -0.830. The molecule has 1 saturated carbocycles. The quantitative estimate of drug-likeness (QED) is 0.621. The van der Waals surface area contributed by atoms with Crippen LogP contribution in [0.25, 0.3) is 5.57 Å². The zero-order valence-corrected chi connectivity index (χ0v) is 17.9. The van der Waals surface area contributed by atoms with Crippen LogP contribution in [0.1, 0.15) is 43.0 Å². The zero-order chi connectivity index (χ0) is 17.7. The third-order valence-electron chi connectivity index (χ3n) is 4.71. The van der Waals surface area contributed by atoms with Crippen molar-refractivity contribution in [3.05, 3.63) is 40.5 Å². The van der Waals surface area contributed by atoms with Crippen molar-refractivity contribution in [1.82, 2.24) is 4.57 Å². The monoisotopic (exact) mass is 500 g/mol. The molecular formula is C17H14Br2N2O2S2. The minimum Gasteiger partial charge on any atom is -0.493 e. The lowest BCUT2D eigenvalue weighted by Crippen LogP contribution is -2.24. The molecule has 1 N–H and O–H groups in total. The average Bonchev–Trinajstić information content (AvgIpc) is 3.04. The van der Waals surface area contributed by atoms with E-state index in [4.69, 9.17) is 12.2 Å². The fraction of sp³-hybridized carbons (Fsp3) is 0.353. The number of hydrogen-bond acceptors (Lipinski definition) is 4. The Kier molecular flexibility index (Phi) is 4.72. The van der Waals surface area contributed by atoms with E-state index in [9.17, 15) is 9.90 Å². The molecule has 4 nitrogen and oxygen atoms in total. The summed E-state index contributed by atoms with van der Waals surface area (Å²) in [6.45, 7) is 0. The molecule has 1 amide bonds. The first-order valence-electron chi connectivity index (χ1n) is 8.04. The molecule has 2 heterocycles. The van der Waals surface area contributed by atoms with Crippen molar-refractivity contribution in [2.45, 2.75) is 38.1 Å². The Labute approximate surface area is 170 Å². The number of halogens is 2. The van der Waals surface area contributed by atoms with E-state index in [-0.39, 0.29) is 17.8 Å². The number of thiazole rings is 1. The molecule has 0 unspecified atom stereocenters. The average molecular weight is 502 g/mol. The Balaban J connectivity index is 1.95. The molecule has 1 aliphatic heterocycles. The summed E-state index contributed by atoms with van der Waals surface area (Å²) in [5, 5.41) is 12.2. The number of benzene rings is 1. The molecule has 0 atom stereocenters. The lowest BCUT2D eigenvalue weighted by Gasteiger charge is -2.23. The number of rotatable bonds is 2. The van der Waals surface area contributed by atoms with Crippen LogP contribution >= 0.6 is 55.4 Å². The van der Waals surface area contributed by atoms with Crippen molar-refractivity contribution in [1.29, 1.82) is 0 Å². The Bertz CT molecular complexity index is 1070. The summed E-state index contributed by atoms with van der Waals surface area (Å²) in [4.78, 5) is 17.2. The van der Waals surface area contributed by atoms with Gasteiger partial charge >= 0.3 is 0 Å². The first-order chi connectivity index (χ1) is 12.0. The Morgan fingerprint density at radius 1 is 1.24 bits per heavy atom. The van der Waals surface area contributed by atoms with Crippen LogP contribution in [0, 0.1) is 3.95 Å². The van der Waals surface area contributed by atoms with Crippen LogP contribution in [0.4, 0.5) is 0 Å². The van der Waals surface area contributed by atoms with E-state index in [2.05, 4.69) is 36.9 Å². The maximum absolute atomic E-state index is 12.6. The molecule has 1 fully saturated rings. The predicted molar refractivity (Wildman–Crippen MR) is 107 cm³/mol. The van der Waals surface area contributed by atoms with Gasteiger partial charge in [-0.25, -0.2) is 4.99 Å². The number of aromatic hydroxyl groups is 1. The molecule has 2 aliphatic rings. The van der Waals surface area contributed by atoms with Crippen LogP contribution in [0.5, 0.6) is 5.88 Å². The second kappa shape index (κ2) is 6.72. The van der Waals surface area contributed by atoms with Crippen molar-refractivity contribution in [3.63, 3.8) is 0 Å². The van der Waals surface area contributed by atoms with Gasteiger partial charge in [0.25, 0.3) is 5.91 Å². The van der Waals surface area contributed by atoms with Gasteiger partial charge in [-0.05, 0) is 53.1 Å². The SMILES string of the molecule is O=C1N=c2c(Br)cc(Br)cc2=C1c1sc(=S)n(C2CCCCC2)c1O. The molecule has 8 heteroatoms. The fourth-order valence-electron chi connectivity index (χ4n) is 3.56. The Morgan fingerprint density at radius 2 is 1.96 bits per heavy atom. The molecule has 0 spiro atoms. The van der Waals surface area contributed by atoms with E-state index in [1.165, 1.54) is 17.8 Å². The number of aromatic nitrogens is 1. The van der Waals surface area contributed by atoms with Crippen molar-refractivity contribution in [3.8, 4) is 5.88 Å². The summed E-state index contributed by atoms with van der Waals surface area (Å²) in [6.07, 6.45) is 5.54. The highest BCUT2D eigenvalue weighted by atomic mass is 79.9. The van der Waals surface area contributed by atoms with E-state index < -0.39 is 0 Å². The molecule has 130 valence electrons. The predicted octanol–water partition coefficient (Wildman–Crippen LogP) is 4.37. The molecule has 0 bridgehead atoms. The van der Waals surface area contributed by atoms with E-state index in [0.717, 1.165) is 34.6 Å². The Morgan fingerprint density at radius 3 is 2.68 bits per heavy atom. The van der Waals surface area contributed by atoms with Gasteiger partial charge in [0, 0.05) is 20.2 Å². The normalized spacial score (nSPS) is 17.7.